The second-order valence-corrected chi connectivity index (χ2v) is 8.05. The van der Waals surface area contributed by atoms with Crippen LogP contribution in [0.2, 0.25) is 0 Å². The van der Waals surface area contributed by atoms with Crippen molar-refractivity contribution >= 4 is 15.9 Å². The molecular formula is C19H22N2O4S. The Bertz CT molecular complexity index is 879. The summed E-state index contributed by atoms with van der Waals surface area (Å²) < 4.78 is 33.6. The normalized spacial score (nSPS) is 18.0. The number of aryl methyl sites for hydroxylation is 1. The fraction of sp³-hybridized carbons (Fsp3) is 0.316. The number of amides is 1. The first-order valence-corrected chi connectivity index (χ1v) is 10.0. The van der Waals surface area contributed by atoms with E-state index in [0.717, 1.165) is 11.3 Å². The first-order valence-electron chi connectivity index (χ1n) is 8.56. The summed E-state index contributed by atoms with van der Waals surface area (Å²) in [4.78, 5) is 11.6. The van der Waals surface area contributed by atoms with E-state index in [4.69, 9.17) is 4.74 Å². The zero-order valence-electron chi connectivity index (χ0n) is 14.6. The van der Waals surface area contributed by atoms with E-state index in [2.05, 4.69) is 10.0 Å². The smallest absolute Gasteiger partial charge is 0.240 e. The van der Waals surface area contributed by atoms with Crippen molar-refractivity contribution in [2.75, 3.05) is 6.54 Å². The van der Waals surface area contributed by atoms with Crippen LogP contribution in [-0.2, 0) is 14.8 Å². The quantitative estimate of drug-likeness (QED) is 0.843. The molecule has 0 aliphatic carbocycles. The van der Waals surface area contributed by atoms with Gasteiger partial charge in [0.1, 0.15) is 11.5 Å². The van der Waals surface area contributed by atoms with Crippen LogP contribution in [-0.4, -0.2) is 26.9 Å². The van der Waals surface area contributed by atoms with Crippen LogP contribution in [0.4, 0.5) is 0 Å². The second kappa shape index (κ2) is 7.88. The summed E-state index contributed by atoms with van der Waals surface area (Å²) in [5.74, 6) is 1.27. The maximum Gasteiger partial charge on any atom is 0.240 e. The van der Waals surface area contributed by atoms with Crippen LogP contribution >= 0.6 is 0 Å². The van der Waals surface area contributed by atoms with Gasteiger partial charge >= 0.3 is 0 Å². The molecule has 1 heterocycles. The highest BCUT2D eigenvalue weighted by Gasteiger charge is 2.22. The zero-order chi connectivity index (χ0) is 18.6. The fourth-order valence-electron chi connectivity index (χ4n) is 2.81. The molecule has 2 aromatic rings. The van der Waals surface area contributed by atoms with Gasteiger partial charge in [-0.3, -0.25) is 4.79 Å². The first kappa shape index (κ1) is 18.4. The monoisotopic (exact) mass is 374 g/mol. The van der Waals surface area contributed by atoms with Crippen LogP contribution in [0.15, 0.2) is 53.4 Å². The van der Waals surface area contributed by atoms with Gasteiger partial charge in [-0.05, 0) is 55.7 Å². The summed E-state index contributed by atoms with van der Waals surface area (Å²) in [6.07, 6.45) is 1.41. The van der Waals surface area contributed by atoms with Gasteiger partial charge in [0.2, 0.25) is 15.9 Å². The topological polar surface area (TPSA) is 84.5 Å². The molecule has 138 valence electrons. The van der Waals surface area contributed by atoms with Crippen molar-refractivity contribution in [3.63, 3.8) is 0 Å². The molecule has 1 fully saturated rings. The maximum atomic E-state index is 12.6. The number of carbonyl (C=O) groups excluding carboxylic acids is 1. The van der Waals surface area contributed by atoms with Gasteiger partial charge in [-0.2, -0.15) is 0 Å². The standard InChI is InChI=1S/C19H22N2O4S/c1-14-4-2-3-5-18(14)25-16-7-9-17(10-8-16)26(23,24)21-15-6-11-19(22)20-13-12-15/h2-5,7-10,15,21H,6,11-13H2,1H3,(H,20,22). The molecule has 0 saturated carbocycles. The molecule has 2 aromatic carbocycles. The lowest BCUT2D eigenvalue weighted by Gasteiger charge is -2.16. The molecule has 1 amide bonds. The van der Waals surface area contributed by atoms with E-state index in [1.54, 1.807) is 12.1 Å². The molecule has 1 unspecified atom stereocenters. The summed E-state index contributed by atoms with van der Waals surface area (Å²) in [6, 6.07) is 13.7. The number of para-hydroxylation sites is 1. The highest BCUT2D eigenvalue weighted by Crippen LogP contribution is 2.25. The summed E-state index contributed by atoms with van der Waals surface area (Å²) >= 11 is 0. The molecule has 2 N–H and O–H groups in total. The SMILES string of the molecule is Cc1ccccc1Oc1ccc(S(=O)(=O)NC2CCNC(=O)CC2)cc1. The average molecular weight is 374 g/mol. The molecule has 0 radical (unpaired) electrons. The van der Waals surface area contributed by atoms with Gasteiger partial charge in [0, 0.05) is 19.0 Å². The third kappa shape index (κ3) is 4.62. The Morgan fingerprint density at radius 3 is 2.54 bits per heavy atom. The summed E-state index contributed by atoms with van der Waals surface area (Å²) in [7, 11) is -3.64. The number of rotatable bonds is 5. The highest BCUT2D eigenvalue weighted by molar-refractivity contribution is 7.89. The van der Waals surface area contributed by atoms with Gasteiger partial charge in [0.05, 0.1) is 4.90 Å². The number of hydrogen-bond acceptors (Lipinski definition) is 4. The lowest BCUT2D eigenvalue weighted by molar-refractivity contribution is -0.120. The minimum absolute atomic E-state index is 0.0376. The number of carbonyl (C=O) groups is 1. The van der Waals surface area contributed by atoms with E-state index in [9.17, 15) is 13.2 Å². The second-order valence-electron chi connectivity index (χ2n) is 6.33. The van der Waals surface area contributed by atoms with Crippen molar-refractivity contribution in [2.45, 2.75) is 37.1 Å². The minimum Gasteiger partial charge on any atom is -0.457 e. The summed E-state index contributed by atoms with van der Waals surface area (Å²) in [5, 5.41) is 2.74. The van der Waals surface area contributed by atoms with Crippen molar-refractivity contribution in [3.8, 4) is 11.5 Å². The van der Waals surface area contributed by atoms with Gasteiger partial charge in [-0.25, -0.2) is 13.1 Å². The maximum absolute atomic E-state index is 12.6. The predicted octanol–water partition coefficient (Wildman–Crippen LogP) is 2.73. The summed E-state index contributed by atoms with van der Waals surface area (Å²) in [5.41, 5.74) is 1.00. The van der Waals surface area contributed by atoms with E-state index in [1.807, 2.05) is 31.2 Å². The number of ether oxygens (including phenoxy) is 1. The third-order valence-electron chi connectivity index (χ3n) is 4.31. The Hall–Kier alpha value is -2.38. The Morgan fingerprint density at radius 1 is 1.08 bits per heavy atom. The number of benzene rings is 2. The molecule has 0 bridgehead atoms. The van der Waals surface area contributed by atoms with E-state index in [0.29, 0.717) is 31.6 Å². The molecule has 0 aromatic heterocycles. The number of sulfonamides is 1. The number of hydrogen-bond donors (Lipinski definition) is 2. The van der Waals surface area contributed by atoms with E-state index in [1.165, 1.54) is 12.1 Å². The average Bonchev–Trinajstić information content (AvgIpc) is 2.81. The molecule has 0 spiro atoms. The third-order valence-corrected chi connectivity index (χ3v) is 5.85. The van der Waals surface area contributed by atoms with Crippen molar-refractivity contribution in [1.82, 2.24) is 10.0 Å². The number of nitrogens with one attached hydrogen (secondary N) is 2. The lowest BCUT2D eigenvalue weighted by Crippen LogP contribution is -2.35. The molecule has 1 atom stereocenters. The van der Waals surface area contributed by atoms with Crippen LogP contribution < -0.4 is 14.8 Å². The van der Waals surface area contributed by atoms with Gasteiger partial charge in [-0.15, -0.1) is 0 Å². The van der Waals surface area contributed by atoms with Gasteiger partial charge in [-0.1, -0.05) is 18.2 Å². The lowest BCUT2D eigenvalue weighted by atomic mass is 10.1. The molecule has 6 nitrogen and oxygen atoms in total. The Morgan fingerprint density at radius 2 is 1.81 bits per heavy atom. The molecule has 26 heavy (non-hydrogen) atoms. The predicted molar refractivity (Wildman–Crippen MR) is 98.7 cm³/mol. The van der Waals surface area contributed by atoms with Crippen LogP contribution in [0.25, 0.3) is 0 Å². The minimum atomic E-state index is -3.64. The fourth-order valence-corrected chi connectivity index (χ4v) is 4.12. The Kier molecular flexibility index (Phi) is 5.58. The van der Waals surface area contributed by atoms with Gasteiger partial charge in [0.25, 0.3) is 0 Å². The Balaban J connectivity index is 1.68. The van der Waals surface area contributed by atoms with Crippen LogP contribution in [0.5, 0.6) is 11.5 Å². The summed E-state index contributed by atoms with van der Waals surface area (Å²) in [6.45, 7) is 2.43. The first-order chi connectivity index (χ1) is 12.4. The highest BCUT2D eigenvalue weighted by atomic mass is 32.2. The largest absolute Gasteiger partial charge is 0.457 e. The molecular weight excluding hydrogens is 352 g/mol. The molecule has 3 rings (SSSR count). The molecule has 1 aliphatic rings. The molecule has 7 heteroatoms. The van der Waals surface area contributed by atoms with E-state index >= 15 is 0 Å². The zero-order valence-corrected chi connectivity index (χ0v) is 15.4. The van der Waals surface area contributed by atoms with Crippen molar-refractivity contribution < 1.29 is 17.9 Å². The van der Waals surface area contributed by atoms with Crippen LogP contribution in [0.3, 0.4) is 0 Å². The van der Waals surface area contributed by atoms with Crippen LogP contribution in [0.1, 0.15) is 24.8 Å². The van der Waals surface area contributed by atoms with Crippen molar-refractivity contribution in [2.24, 2.45) is 0 Å². The van der Waals surface area contributed by atoms with Crippen molar-refractivity contribution in [1.29, 1.82) is 0 Å². The van der Waals surface area contributed by atoms with Gasteiger partial charge in [0.15, 0.2) is 0 Å². The van der Waals surface area contributed by atoms with Crippen molar-refractivity contribution in [3.05, 3.63) is 54.1 Å². The van der Waals surface area contributed by atoms with E-state index in [-0.39, 0.29) is 16.8 Å². The van der Waals surface area contributed by atoms with E-state index < -0.39 is 10.0 Å². The molecule has 1 saturated heterocycles. The molecule has 1 aliphatic heterocycles. The Labute approximate surface area is 153 Å². The van der Waals surface area contributed by atoms with Crippen LogP contribution in [0, 0.1) is 6.92 Å². The van der Waals surface area contributed by atoms with Gasteiger partial charge < -0.3 is 10.1 Å².